The maximum Gasteiger partial charge on any atom is 0.463 e. The normalized spacial score (nSPS) is 22.2. The van der Waals surface area contributed by atoms with Crippen LogP contribution in [-0.4, -0.2) is 54.7 Å². The average molecular weight is 279 g/mol. The summed E-state index contributed by atoms with van der Waals surface area (Å²) >= 11 is 0. The molecule has 0 aliphatic carbocycles. The van der Waals surface area contributed by atoms with Crippen molar-refractivity contribution in [2.24, 2.45) is 4.99 Å². The Morgan fingerprint density at radius 1 is 1.33 bits per heavy atom. The Morgan fingerprint density at radius 3 is 2.28 bits per heavy atom. The lowest BCUT2D eigenvalue weighted by Crippen LogP contribution is -2.59. The quantitative estimate of drug-likeness (QED) is 0.501. The van der Waals surface area contributed by atoms with Gasteiger partial charge >= 0.3 is 18.6 Å². The Hall–Kier alpha value is -1.52. The van der Waals surface area contributed by atoms with Crippen molar-refractivity contribution in [3.63, 3.8) is 0 Å². The molecule has 0 aromatic carbocycles. The molecule has 0 aromatic rings. The number of rotatable bonds is 0. The molecule has 104 valence electrons. The second kappa shape index (κ2) is 4.63. The van der Waals surface area contributed by atoms with E-state index in [9.17, 15) is 31.1 Å². The van der Waals surface area contributed by atoms with Crippen LogP contribution < -0.4 is 0 Å². The summed E-state index contributed by atoms with van der Waals surface area (Å²) in [6, 6.07) is 0. The van der Waals surface area contributed by atoms with Crippen LogP contribution in [0.1, 0.15) is 0 Å². The van der Waals surface area contributed by atoms with Crippen LogP contribution in [0.4, 0.5) is 31.1 Å². The molecule has 1 unspecified atom stereocenters. The van der Waals surface area contributed by atoms with Gasteiger partial charge in [0.05, 0.1) is 20.1 Å². The van der Waals surface area contributed by atoms with E-state index in [1.807, 2.05) is 0 Å². The number of alkyl halides is 6. The molecular formula is C7H7F6N3O2. The van der Waals surface area contributed by atoms with Crippen LogP contribution in [-0.2, 0) is 4.74 Å². The number of methoxy groups -OCH3 is 1. The Labute approximate surface area is 96.6 Å². The molecular weight excluding hydrogens is 272 g/mol. The Bertz CT molecular complexity index is 352. The Morgan fingerprint density at radius 2 is 1.89 bits per heavy atom. The third-order valence-electron chi connectivity index (χ3n) is 1.97. The summed E-state index contributed by atoms with van der Waals surface area (Å²) in [5, 5.41) is 0. The monoisotopic (exact) mass is 279 g/mol. The van der Waals surface area contributed by atoms with Crippen molar-refractivity contribution < 1.29 is 35.9 Å². The minimum absolute atomic E-state index is 0.274. The molecule has 1 aliphatic rings. The zero-order valence-electron chi connectivity index (χ0n) is 8.79. The van der Waals surface area contributed by atoms with Crippen molar-refractivity contribution in [1.29, 1.82) is 0 Å². The molecule has 5 nitrogen and oxygen atoms in total. The topological polar surface area (TPSA) is 45.1 Å². The summed E-state index contributed by atoms with van der Waals surface area (Å²) in [6.07, 6.45) is -14.4. The van der Waals surface area contributed by atoms with Crippen LogP contribution in [0.3, 0.4) is 0 Å². The fourth-order valence-corrected chi connectivity index (χ4v) is 1.20. The lowest BCUT2D eigenvalue weighted by atomic mass is 10.4. The van der Waals surface area contributed by atoms with Crippen molar-refractivity contribution >= 4 is 12.4 Å². The second-order valence-electron chi connectivity index (χ2n) is 3.20. The Balaban J connectivity index is 3.03. The first-order chi connectivity index (χ1) is 8.07. The number of nitrogens with zero attached hydrogens (tertiary/aromatic N) is 3. The highest BCUT2D eigenvalue weighted by Crippen LogP contribution is 2.34. The summed E-state index contributed by atoms with van der Waals surface area (Å²) in [5.41, 5.74) is 0. The van der Waals surface area contributed by atoms with E-state index in [0.29, 0.717) is 6.34 Å². The number of carbonyl (C=O) groups is 1. The first kappa shape index (κ1) is 14.5. The van der Waals surface area contributed by atoms with Gasteiger partial charge in [0.2, 0.25) is 6.17 Å². The van der Waals surface area contributed by atoms with Gasteiger partial charge in [0, 0.05) is 0 Å². The van der Waals surface area contributed by atoms with Gasteiger partial charge in [0.15, 0.2) is 0 Å². The number of halogens is 6. The van der Waals surface area contributed by atoms with Crippen LogP contribution in [0, 0.1) is 0 Å². The lowest BCUT2D eigenvalue weighted by molar-refractivity contribution is -0.306. The fraction of sp³-hybridized carbons (Fsp3) is 0.714. The Kier molecular flexibility index (Phi) is 3.74. The lowest BCUT2D eigenvalue weighted by Gasteiger charge is -2.37. The van der Waals surface area contributed by atoms with Crippen molar-refractivity contribution in [1.82, 2.24) is 9.80 Å². The largest absolute Gasteiger partial charge is 0.463 e. The second-order valence-corrected chi connectivity index (χ2v) is 3.20. The molecule has 1 amide bonds. The molecule has 1 rings (SSSR count). The van der Waals surface area contributed by atoms with E-state index in [0.717, 1.165) is 7.11 Å². The van der Waals surface area contributed by atoms with E-state index < -0.39 is 36.3 Å². The molecule has 0 aromatic heterocycles. The third-order valence-corrected chi connectivity index (χ3v) is 1.97. The average Bonchev–Trinajstić information content (AvgIpc) is 2.24. The maximum atomic E-state index is 12.4. The number of amides is 1. The van der Waals surface area contributed by atoms with Gasteiger partial charge < -0.3 is 4.74 Å². The summed E-state index contributed by atoms with van der Waals surface area (Å²) in [5.74, 6) is 0. The standard InChI is InChI=1S/C7H7F6N3O2/c1-18-5(17)15-2-14-4(6(8,9)10)16(3-15)7(11,12)13/h2,4H,3H2,1H3. The summed E-state index contributed by atoms with van der Waals surface area (Å²) < 4.78 is 78.4. The maximum absolute atomic E-state index is 12.4. The summed E-state index contributed by atoms with van der Waals surface area (Å²) in [4.78, 5) is 13.0. The van der Waals surface area contributed by atoms with Gasteiger partial charge in [0.1, 0.15) is 0 Å². The van der Waals surface area contributed by atoms with E-state index >= 15 is 0 Å². The van der Waals surface area contributed by atoms with Crippen LogP contribution in [0.2, 0.25) is 0 Å². The van der Waals surface area contributed by atoms with Crippen molar-refractivity contribution in [3.8, 4) is 0 Å². The van der Waals surface area contributed by atoms with E-state index in [1.54, 1.807) is 0 Å². The van der Waals surface area contributed by atoms with Crippen molar-refractivity contribution in [3.05, 3.63) is 0 Å². The van der Waals surface area contributed by atoms with Crippen LogP contribution in [0.15, 0.2) is 4.99 Å². The first-order valence-electron chi connectivity index (χ1n) is 4.35. The van der Waals surface area contributed by atoms with E-state index in [2.05, 4.69) is 9.73 Å². The highest BCUT2D eigenvalue weighted by atomic mass is 19.4. The number of ether oxygens (including phenoxy) is 1. The molecule has 0 saturated heterocycles. The van der Waals surface area contributed by atoms with Crippen LogP contribution in [0.5, 0.6) is 0 Å². The van der Waals surface area contributed by atoms with E-state index in [-0.39, 0.29) is 4.90 Å². The molecule has 1 atom stereocenters. The van der Waals surface area contributed by atoms with Gasteiger partial charge in [-0.1, -0.05) is 0 Å². The minimum atomic E-state index is -5.29. The smallest absolute Gasteiger partial charge is 0.452 e. The van der Waals surface area contributed by atoms with Crippen LogP contribution >= 0.6 is 0 Å². The van der Waals surface area contributed by atoms with Crippen molar-refractivity contribution in [2.75, 3.05) is 13.8 Å². The molecule has 0 radical (unpaired) electrons. The molecule has 0 spiro atoms. The van der Waals surface area contributed by atoms with Gasteiger partial charge in [-0.15, -0.1) is 0 Å². The fourth-order valence-electron chi connectivity index (χ4n) is 1.20. The molecule has 1 aliphatic heterocycles. The van der Waals surface area contributed by atoms with Gasteiger partial charge in [-0.2, -0.15) is 31.2 Å². The zero-order chi connectivity index (χ0) is 14.1. The van der Waals surface area contributed by atoms with Crippen LogP contribution in [0.25, 0.3) is 0 Å². The molecule has 0 saturated carbocycles. The third kappa shape index (κ3) is 3.03. The molecule has 0 N–H and O–H groups in total. The molecule has 0 bridgehead atoms. The summed E-state index contributed by atoms with van der Waals surface area (Å²) in [6.45, 7) is -1.34. The highest BCUT2D eigenvalue weighted by molar-refractivity contribution is 5.82. The predicted octanol–water partition coefficient (Wildman–Crippen LogP) is 1.76. The number of carbonyl (C=O) groups excluding carboxylic acids is 1. The molecule has 1 heterocycles. The van der Waals surface area contributed by atoms with Gasteiger partial charge in [-0.3, -0.25) is 4.90 Å². The summed E-state index contributed by atoms with van der Waals surface area (Å²) in [7, 11) is 0.879. The van der Waals surface area contributed by atoms with Gasteiger partial charge in [-0.25, -0.2) is 9.79 Å². The number of aliphatic imine (C=N–C) groups is 1. The molecule has 0 fully saturated rings. The van der Waals surface area contributed by atoms with Gasteiger partial charge in [-0.05, 0) is 0 Å². The first-order valence-corrected chi connectivity index (χ1v) is 4.35. The molecule has 11 heteroatoms. The minimum Gasteiger partial charge on any atom is -0.452 e. The van der Waals surface area contributed by atoms with Gasteiger partial charge in [0.25, 0.3) is 0 Å². The van der Waals surface area contributed by atoms with E-state index in [1.165, 1.54) is 0 Å². The number of hydrogen-bond acceptors (Lipinski definition) is 4. The van der Waals surface area contributed by atoms with Crippen molar-refractivity contribution in [2.45, 2.75) is 18.6 Å². The zero-order valence-corrected chi connectivity index (χ0v) is 8.79. The van der Waals surface area contributed by atoms with E-state index in [4.69, 9.17) is 0 Å². The number of hydrogen-bond donors (Lipinski definition) is 0. The predicted molar refractivity (Wildman–Crippen MR) is 45.3 cm³/mol. The molecule has 18 heavy (non-hydrogen) atoms. The SMILES string of the molecule is COC(=O)N1C=NC(C(F)(F)F)N(C(F)(F)F)C1. The highest BCUT2D eigenvalue weighted by Gasteiger charge is 2.55.